The molecule has 1 amide bonds. The Hall–Kier alpha value is -1.95. The van der Waals surface area contributed by atoms with Crippen LogP contribution in [0.5, 0.6) is 11.5 Å². The van der Waals surface area contributed by atoms with E-state index >= 15 is 0 Å². The zero-order valence-electron chi connectivity index (χ0n) is 12.4. The predicted molar refractivity (Wildman–Crippen MR) is 80.5 cm³/mol. The Labute approximate surface area is 133 Å². The van der Waals surface area contributed by atoms with Gasteiger partial charge in [0.25, 0.3) is 5.91 Å². The maximum atomic E-state index is 12.5. The highest BCUT2D eigenvalue weighted by molar-refractivity contribution is 6.32. The van der Waals surface area contributed by atoms with Gasteiger partial charge in [0.05, 0.1) is 17.0 Å². The Morgan fingerprint density at radius 1 is 1.45 bits per heavy atom. The summed E-state index contributed by atoms with van der Waals surface area (Å²) in [6, 6.07) is 2.78. The molecule has 0 bridgehead atoms. The number of aromatic hydroxyl groups is 1. The van der Waals surface area contributed by atoms with Crippen molar-refractivity contribution in [3.8, 4) is 11.5 Å². The van der Waals surface area contributed by atoms with Crippen molar-refractivity contribution in [2.45, 2.75) is 20.3 Å². The fourth-order valence-corrected chi connectivity index (χ4v) is 2.67. The molecular weight excluding hydrogens is 310 g/mol. The molecule has 22 heavy (non-hydrogen) atoms. The Bertz CT molecular complexity index is 618. The van der Waals surface area contributed by atoms with E-state index in [4.69, 9.17) is 16.3 Å². The number of amides is 1. The fraction of sp³-hybridized carbons (Fsp3) is 0.467. The molecule has 1 saturated heterocycles. The lowest BCUT2D eigenvalue weighted by molar-refractivity contribution is -0.147. The molecule has 1 aliphatic heterocycles. The summed E-state index contributed by atoms with van der Waals surface area (Å²) in [4.78, 5) is 25.2. The molecule has 1 heterocycles. The zero-order chi connectivity index (χ0) is 16.5. The molecule has 120 valence electrons. The van der Waals surface area contributed by atoms with Crippen molar-refractivity contribution >= 4 is 23.5 Å². The molecule has 1 unspecified atom stereocenters. The number of rotatable bonds is 4. The zero-order valence-corrected chi connectivity index (χ0v) is 13.2. The van der Waals surface area contributed by atoms with Crippen LogP contribution in [0.1, 0.15) is 30.6 Å². The average molecular weight is 328 g/mol. The van der Waals surface area contributed by atoms with Crippen LogP contribution in [0.3, 0.4) is 0 Å². The molecule has 0 radical (unpaired) electrons. The summed E-state index contributed by atoms with van der Waals surface area (Å²) in [5, 5.41) is 19.0. The van der Waals surface area contributed by atoms with Crippen LogP contribution in [0.25, 0.3) is 0 Å². The second-order valence-electron chi connectivity index (χ2n) is 5.58. The van der Waals surface area contributed by atoms with Crippen LogP contribution in [-0.2, 0) is 4.79 Å². The summed E-state index contributed by atoms with van der Waals surface area (Å²) in [7, 11) is 0. The van der Waals surface area contributed by atoms with Crippen molar-refractivity contribution in [1.29, 1.82) is 0 Å². The van der Waals surface area contributed by atoms with E-state index in [-0.39, 0.29) is 34.5 Å². The van der Waals surface area contributed by atoms with E-state index < -0.39 is 11.4 Å². The summed E-state index contributed by atoms with van der Waals surface area (Å²) < 4.78 is 5.25. The first-order chi connectivity index (χ1) is 10.3. The minimum absolute atomic E-state index is 0.0227. The molecule has 1 atom stereocenters. The van der Waals surface area contributed by atoms with Gasteiger partial charge in [-0.1, -0.05) is 11.6 Å². The molecule has 2 N–H and O–H groups in total. The molecular formula is C15H18ClNO5. The first-order valence-corrected chi connectivity index (χ1v) is 7.34. The number of nitrogens with zero attached hydrogens (tertiary/aromatic N) is 1. The number of hydrogen-bond donors (Lipinski definition) is 2. The Kier molecular flexibility index (Phi) is 4.51. The number of halogens is 1. The van der Waals surface area contributed by atoms with Gasteiger partial charge in [0.2, 0.25) is 0 Å². The Morgan fingerprint density at radius 2 is 2.14 bits per heavy atom. The number of hydrogen-bond acceptors (Lipinski definition) is 4. The summed E-state index contributed by atoms with van der Waals surface area (Å²) in [6.07, 6.45) is 0.401. The van der Waals surface area contributed by atoms with Gasteiger partial charge in [0.15, 0.2) is 11.5 Å². The monoisotopic (exact) mass is 327 g/mol. The maximum Gasteiger partial charge on any atom is 0.311 e. The van der Waals surface area contributed by atoms with Crippen LogP contribution in [0, 0.1) is 5.41 Å². The lowest BCUT2D eigenvalue weighted by Gasteiger charge is -2.20. The molecule has 0 aromatic heterocycles. The number of likely N-dealkylation sites (tertiary alicyclic amines) is 1. The van der Waals surface area contributed by atoms with Gasteiger partial charge in [0.1, 0.15) is 0 Å². The first kappa shape index (κ1) is 16.4. The predicted octanol–water partition coefficient (Wildman–Crippen LogP) is 2.38. The van der Waals surface area contributed by atoms with E-state index in [0.717, 1.165) is 0 Å². The van der Waals surface area contributed by atoms with Crippen LogP contribution in [0.4, 0.5) is 0 Å². The quantitative estimate of drug-likeness (QED) is 0.886. The van der Waals surface area contributed by atoms with Gasteiger partial charge in [-0.05, 0) is 32.4 Å². The number of ether oxygens (including phenoxy) is 1. The van der Waals surface area contributed by atoms with Crippen molar-refractivity contribution in [3.05, 3.63) is 22.7 Å². The standard InChI is InChI=1S/C15H18ClNO5/c1-3-22-11-7-9(6-10(16)12(11)18)13(19)17-5-4-15(2,8-17)14(20)21/h6-7,18H,3-5,8H2,1-2H3,(H,20,21). The second-order valence-corrected chi connectivity index (χ2v) is 5.99. The minimum atomic E-state index is -0.931. The molecule has 1 aromatic rings. The molecule has 1 aromatic carbocycles. The van der Waals surface area contributed by atoms with Crippen LogP contribution in [-0.4, -0.2) is 46.7 Å². The molecule has 0 spiro atoms. The lowest BCUT2D eigenvalue weighted by atomic mass is 9.90. The smallest absolute Gasteiger partial charge is 0.311 e. The number of phenolic OH excluding ortho intramolecular Hbond substituents is 1. The molecule has 0 saturated carbocycles. The van der Waals surface area contributed by atoms with Gasteiger partial charge in [-0.25, -0.2) is 0 Å². The fourth-order valence-electron chi connectivity index (χ4n) is 2.45. The number of carbonyl (C=O) groups excluding carboxylic acids is 1. The van der Waals surface area contributed by atoms with Crippen molar-refractivity contribution in [1.82, 2.24) is 4.90 Å². The topological polar surface area (TPSA) is 87.1 Å². The molecule has 0 aliphatic carbocycles. The van der Waals surface area contributed by atoms with E-state index in [0.29, 0.717) is 19.6 Å². The van der Waals surface area contributed by atoms with E-state index in [2.05, 4.69) is 0 Å². The van der Waals surface area contributed by atoms with Crippen molar-refractivity contribution in [2.24, 2.45) is 5.41 Å². The highest BCUT2D eigenvalue weighted by Gasteiger charge is 2.42. The highest BCUT2D eigenvalue weighted by atomic mass is 35.5. The van der Waals surface area contributed by atoms with Crippen molar-refractivity contribution < 1.29 is 24.5 Å². The van der Waals surface area contributed by atoms with Crippen LogP contribution in [0.2, 0.25) is 5.02 Å². The molecule has 7 heteroatoms. The van der Waals surface area contributed by atoms with E-state index in [1.54, 1.807) is 13.8 Å². The van der Waals surface area contributed by atoms with Crippen LogP contribution >= 0.6 is 11.6 Å². The molecule has 1 aliphatic rings. The van der Waals surface area contributed by atoms with Crippen molar-refractivity contribution in [3.63, 3.8) is 0 Å². The summed E-state index contributed by atoms with van der Waals surface area (Å²) in [5.74, 6) is -1.32. The third-order valence-corrected chi connectivity index (χ3v) is 4.14. The number of carbonyl (C=O) groups is 2. The van der Waals surface area contributed by atoms with Crippen molar-refractivity contribution in [2.75, 3.05) is 19.7 Å². The van der Waals surface area contributed by atoms with Crippen LogP contribution < -0.4 is 4.74 Å². The summed E-state index contributed by atoms with van der Waals surface area (Å²) in [5.41, 5.74) is -0.667. The summed E-state index contributed by atoms with van der Waals surface area (Å²) >= 11 is 5.92. The number of phenols is 1. The third-order valence-electron chi connectivity index (χ3n) is 3.85. The number of benzene rings is 1. The van der Waals surface area contributed by atoms with Gasteiger partial charge in [-0.3, -0.25) is 9.59 Å². The second kappa shape index (κ2) is 6.04. The maximum absolute atomic E-state index is 12.5. The molecule has 6 nitrogen and oxygen atoms in total. The summed E-state index contributed by atoms with van der Waals surface area (Å²) in [6.45, 7) is 4.20. The number of aliphatic carboxylic acids is 1. The van der Waals surface area contributed by atoms with Gasteiger partial charge in [-0.2, -0.15) is 0 Å². The average Bonchev–Trinajstić information content (AvgIpc) is 2.87. The number of carboxylic acids is 1. The van der Waals surface area contributed by atoms with E-state index in [1.165, 1.54) is 17.0 Å². The minimum Gasteiger partial charge on any atom is -0.503 e. The largest absolute Gasteiger partial charge is 0.503 e. The first-order valence-electron chi connectivity index (χ1n) is 6.96. The van der Waals surface area contributed by atoms with Gasteiger partial charge >= 0.3 is 5.97 Å². The third kappa shape index (κ3) is 2.97. The van der Waals surface area contributed by atoms with E-state index in [1.807, 2.05) is 0 Å². The molecule has 1 fully saturated rings. The SMILES string of the molecule is CCOc1cc(C(=O)N2CCC(C)(C(=O)O)C2)cc(Cl)c1O. The van der Waals surface area contributed by atoms with E-state index in [9.17, 15) is 19.8 Å². The van der Waals surface area contributed by atoms with Gasteiger partial charge < -0.3 is 19.8 Å². The normalized spacial score (nSPS) is 21.0. The molecule has 2 rings (SSSR count). The Morgan fingerprint density at radius 3 is 2.68 bits per heavy atom. The lowest BCUT2D eigenvalue weighted by Crippen LogP contribution is -2.34. The van der Waals surface area contributed by atoms with Crippen LogP contribution in [0.15, 0.2) is 12.1 Å². The van der Waals surface area contributed by atoms with Gasteiger partial charge in [0, 0.05) is 18.7 Å². The Balaban J connectivity index is 2.26. The number of carboxylic acid groups (broad SMARTS) is 1. The van der Waals surface area contributed by atoms with Gasteiger partial charge in [-0.15, -0.1) is 0 Å². The highest BCUT2D eigenvalue weighted by Crippen LogP contribution is 2.37.